The molecule has 6 heteroatoms. The Bertz CT molecular complexity index is 560. The molecule has 0 atom stereocenters. The van der Waals surface area contributed by atoms with E-state index < -0.39 is 9.84 Å². The van der Waals surface area contributed by atoms with Crippen LogP contribution in [0.2, 0.25) is 0 Å². The maximum Gasteiger partial charge on any atom is 0.152 e. The molecule has 0 spiro atoms. The monoisotopic (exact) mass is 360 g/mol. The Morgan fingerprint density at radius 2 is 2.10 bits per heavy atom. The Morgan fingerprint density at radius 1 is 1.30 bits per heavy atom. The van der Waals surface area contributed by atoms with Crippen LogP contribution in [0.5, 0.6) is 0 Å². The van der Waals surface area contributed by atoms with Gasteiger partial charge in [-0.05, 0) is 46.6 Å². The average Bonchev–Trinajstić information content (AvgIpc) is 2.58. The molecule has 0 saturated carbocycles. The van der Waals surface area contributed by atoms with Gasteiger partial charge in [-0.2, -0.15) is 0 Å². The number of anilines is 1. The van der Waals surface area contributed by atoms with Crippen LogP contribution in [0.15, 0.2) is 22.7 Å². The van der Waals surface area contributed by atoms with E-state index in [2.05, 4.69) is 51.3 Å². The van der Waals surface area contributed by atoms with Crippen LogP contribution in [-0.4, -0.2) is 39.6 Å². The van der Waals surface area contributed by atoms with Gasteiger partial charge in [0.25, 0.3) is 0 Å². The van der Waals surface area contributed by atoms with Crippen LogP contribution in [0.25, 0.3) is 0 Å². The first-order valence-electron chi connectivity index (χ1n) is 6.96. The largest absolute Gasteiger partial charge is 0.370 e. The highest BCUT2D eigenvalue weighted by Crippen LogP contribution is 2.28. The lowest BCUT2D eigenvalue weighted by Crippen LogP contribution is -2.27. The van der Waals surface area contributed by atoms with Crippen LogP contribution in [-0.2, 0) is 16.4 Å². The van der Waals surface area contributed by atoms with Gasteiger partial charge in [0.05, 0.1) is 17.2 Å². The number of sulfone groups is 1. The molecular formula is C14H21BrN2O2S. The summed E-state index contributed by atoms with van der Waals surface area (Å²) in [4.78, 5) is 2.16. The fourth-order valence-corrected chi connectivity index (χ4v) is 4.31. The van der Waals surface area contributed by atoms with Crippen molar-refractivity contribution >= 4 is 31.5 Å². The zero-order chi connectivity index (χ0) is 14.6. The standard InChI is InChI=1S/C14H21BrN2O2S/c1-2-16-11-12-4-5-14(13(15)10-12)17-6-3-8-20(18,19)9-7-17/h4-5,10,16H,2-3,6-9,11H2,1H3. The molecule has 0 bridgehead atoms. The highest BCUT2D eigenvalue weighted by Gasteiger charge is 2.20. The van der Waals surface area contributed by atoms with Gasteiger partial charge >= 0.3 is 0 Å². The predicted octanol–water partition coefficient (Wildman–Crippen LogP) is 2.18. The Hall–Kier alpha value is -0.590. The summed E-state index contributed by atoms with van der Waals surface area (Å²) >= 11 is 3.61. The fourth-order valence-electron chi connectivity index (χ4n) is 2.37. The van der Waals surface area contributed by atoms with Gasteiger partial charge in [0.2, 0.25) is 0 Å². The molecule has 1 aliphatic rings. The molecule has 1 aromatic carbocycles. The molecule has 1 aromatic rings. The van der Waals surface area contributed by atoms with E-state index in [0.29, 0.717) is 18.7 Å². The third-order valence-corrected chi connectivity index (χ3v) is 5.84. The summed E-state index contributed by atoms with van der Waals surface area (Å²) in [5.74, 6) is 0.554. The van der Waals surface area contributed by atoms with Crippen molar-refractivity contribution in [3.63, 3.8) is 0 Å². The van der Waals surface area contributed by atoms with Crippen molar-refractivity contribution in [1.29, 1.82) is 0 Å². The van der Waals surface area contributed by atoms with E-state index in [-0.39, 0.29) is 5.75 Å². The summed E-state index contributed by atoms with van der Waals surface area (Å²) in [7, 11) is -2.86. The van der Waals surface area contributed by atoms with Gasteiger partial charge < -0.3 is 10.2 Å². The Kier molecular flexibility index (Phi) is 5.46. The summed E-state index contributed by atoms with van der Waals surface area (Å²) in [6.07, 6.45) is 0.702. The maximum absolute atomic E-state index is 11.7. The first kappa shape index (κ1) is 15.8. The maximum atomic E-state index is 11.7. The molecule has 1 heterocycles. The minimum absolute atomic E-state index is 0.249. The van der Waals surface area contributed by atoms with E-state index in [1.807, 2.05) is 0 Å². The van der Waals surface area contributed by atoms with E-state index in [0.717, 1.165) is 29.8 Å². The lowest BCUT2D eigenvalue weighted by Gasteiger charge is -2.23. The zero-order valence-electron chi connectivity index (χ0n) is 11.7. The van der Waals surface area contributed by atoms with Gasteiger partial charge in [0.15, 0.2) is 9.84 Å². The molecule has 1 saturated heterocycles. The van der Waals surface area contributed by atoms with Crippen molar-refractivity contribution in [1.82, 2.24) is 5.32 Å². The molecule has 112 valence electrons. The van der Waals surface area contributed by atoms with Crippen molar-refractivity contribution in [3.8, 4) is 0 Å². The lowest BCUT2D eigenvalue weighted by atomic mass is 10.2. The molecule has 1 N–H and O–H groups in total. The second kappa shape index (κ2) is 6.91. The summed E-state index contributed by atoms with van der Waals surface area (Å²) < 4.78 is 24.4. The van der Waals surface area contributed by atoms with Crippen LogP contribution < -0.4 is 10.2 Å². The molecule has 20 heavy (non-hydrogen) atoms. The van der Waals surface area contributed by atoms with Crippen molar-refractivity contribution in [2.24, 2.45) is 0 Å². The molecule has 2 rings (SSSR count). The van der Waals surface area contributed by atoms with Crippen LogP contribution in [0.1, 0.15) is 18.9 Å². The van der Waals surface area contributed by atoms with E-state index in [1.165, 1.54) is 5.56 Å². The van der Waals surface area contributed by atoms with E-state index >= 15 is 0 Å². The minimum Gasteiger partial charge on any atom is -0.370 e. The number of hydrogen-bond donors (Lipinski definition) is 1. The number of nitrogens with one attached hydrogen (secondary N) is 1. The van der Waals surface area contributed by atoms with Crippen LogP contribution in [0.3, 0.4) is 0 Å². The van der Waals surface area contributed by atoms with Gasteiger partial charge in [0, 0.05) is 24.1 Å². The molecule has 0 amide bonds. The second-order valence-electron chi connectivity index (χ2n) is 5.06. The molecule has 1 aliphatic heterocycles. The topological polar surface area (TPSA) is 49.4 Å². The van der Waals surface area contributed by atoms with Gasteiger partial charge in [-0.15, -0.1) is 0 Å². The lowest BCUT2D eigenvalue weighted by molar-refractivity contribution is 0.597. The van der Waals surface area contributed by atoms with Gasteiger partial charge in [-0.3, -0.25) is 0 Å². The van der Waals surface area contributed by atoms with Crippen LogP contribution >= 0.6 is 15.9 Å². The SMILES string of the molecule is CCNCc1ccc(N2CCCS(=O)(=O)CC2)c(Br)c1. The number of rotatable bonds is 4. The summed E-state index contributed by atoms with van der Waals surface area (Å²) in [5.41, 5.74) is 2.31. The van der Waals surface area contributed by atoms with Gasteiger partial charge in [0.1, 0.15) is 0 Å². The quantitative estimate of drug-likeness (QED) is 0.893. The Morgan fingerprint density at radius 3 is 2.80 bits per heavy atom. The first-order valence-corrected chi connectivity index (χ1v) is 9.58. The number of nitrogens with zero attached hydrogens (tertiary/aromatic N) is 1. The number of hydrogen-bond acceptors (Lipinski definition) is 4. The van der Waals surface area contributed by atoms with Gasteiger partial charge in [-0.1, -0.05) is 13.0 Å². The highest BCUT2D eigenvalue weighted by molar-refractivity contribution is 9.10. The Balaban J connectivity index is 2.12. The molecular weight excluding hydrogens is 340 g/mol. The molecule has 4 nitrogen and oxygen atoms in total. The third-order valence-electron chi connectivity index (χ3n) is 3.49. The van der Waals surface area contributed by atoms with E-state index in [9.17, 15) is 8.42 Å². The summed E-state index contributed by atoms with van der Waals surface area (Å²) in [6.45, 7) is 5.26. The van der Waals surface area contributed by atoms with Crippen LogP contribution in [0.4, 0.5) is 5.69 Å². The van der Waals surface area contributed by atoms with E-state index in [4.69, 9.17) is 0 Å². The van der Waals surface area contributed by atoms with Crippen molar-refractivity contribution in [3.05, 3.63) is 28.2 Å². The number of benzene rings is 1. The smallest absolute Gasteiger partial charge is 0.152 e. The third kappa shape index (κ3) is 4.20. The second-order valence-corrected chi connectivity index (χ2v) is 8.22. The van der Waals surface area contributed by atoms with Gasteiger partial charge in [-0.25, -0.2) is 8.42 Å². The minimum atomic E-state index is -2.86. The summed E-state index contributed by atoms with van der Waals surface area (Å²) in [6, 6.07) is 6.29. The van der Waals surface area contributed by atoms with Crippen LogP contribution in [0, 0.1) is 0 Å². The molecule has 0 aliphatic carbocycles. The Labute approximate surface area is 129 Å². The average molecular weight is 361 g/mol. The zero-order valence-corrected chi connectivity index (χ0v) is 14.1. The molecule has 0 aromatic heterocycles. The summed E-state index contributed by atoms with van der Waals surface area (Å²) in [5, 5.41) is 3.30. The highest BCUT2D eigenvalue weighted by atomic mass is 79.9. The number of halogens is 1. The van der Waals surface area contributed by atoms with Crippen molar-refractivity contribution < 1.29 is 8.42 Å². The molecule has 0 radical (unpaired) electrons. The first-order chi connectivity index (χ1) is 9.52. The predicted molar refractivity (Wildman–Crippen MR) is 87.0 cm³/mol. The fraction of sp³-hybridized carbons (Fsp3) is 0.571. The van der Waals surface area contributed by atoms with E-state index in [1.54, 1.807) is 0 Å². The normalized spacial score (nSPS) is 18.8. The molecule has 1 fully saturated rings. The van der Waals surface area contributed by atoms with Crippen molar-refractivity contribution in [2.75, 3.05) is 36.0 Å². The molecule has 0 unspecified atom stereocenters. The van der Waals surface area contributed by atoms with Crippen molar-refractivity contribution in [2.45, 2.75) is 19.9 Å².